The van der Waals surface area contributed by atoms with Gasteiger partial charge >= 0.3 is 6.03 Å². The summed E-state index contributed by atoms with van der Waals surface area (Å²) in [5.74, 6) is 0.564. The van der Waals surface area contributed by atoms with E-state index in [1.807, 2.05) is 20.8 Å². The average Bonchev–Trinajstić information content (AvgIpc) is 2.96. The molecule has 3 rings (SSSR count). The van der Waals surface area contributed by atoms with Crippen LogP contribution in [0.3, 0.4) is 0 Å². The van der Waals surface area contributed by atoms with E-state index in [9.17, 15) is 9.18 Å². The summed E-state index contributed by atoms with van der Waals surface area (Å²) in [5.41, 5.74) is 1.46. The van der Waals surface area contributed by atoms with E-state index in [0.717, 1.165) is 36.6 Å². The number of aryl methyl sites for hydroxylation is 1. The number of nitrogens with zero attached hydrogens (tertiary/aromatic N) is 1. The fourth-order valence-electron chi connectivity index (χ4n) is 3.78. The number of furan rings is 1. The number of carbonyl (C=O) groups is 1. The molecule has 1 aromatic carbocycles. The van der Waals surface area contributed by atoms with E-state index in [1.54, 1.807) is 6.07 Å². The molecule has 0 aliphatic heterocycles. The first-order valence-electron chi connectivity index (χ1n) is 9.54. The van der Waals surface area contributed by atoms with E-state index in [0.29, 0.717) is 11.3 Å². The summed E-state index contributed by atoms with van der Waals surface area (Å²) in [4.78, 5) is 12.5. The molecule has 0 radical (unpaired) electrons. The van der Waals surface area contributed by atoms with E-state index in [2.05, 4.69) is 16.7 Å². The Balaban J connectivity index is 1.72. The van der Waals surface area contributed by atoms with Gasteiger partial charge in [-0.15, -0.1) is 0 Å². The molecule has 144 valence electrons. The third-order valence-corrected chi connectivity index (χ3v) is 5.42. The van der Waals surface area contributed by atoms with Gasteiger partial charge in [0.05, 0.1) is 12.1 Å². The Morgan fingerprint density at radius 1 is 1.30 bits per heavy atom. The summed E-state index contributed by atoms with van der Waals surface area (Å²) in [5, 5.41) is 15.8. The molecule has 0 unspecified atom stereocenters. The highest BCUT2D eigenvalue weighted by Gasteiger charge is 2.27. The maximum atomic E-state index is 13.6. The van der Waals surface area contributed by atoms with Crippen molar-refractivity contribution in [1.82, 2.24) is 10.6 Å². The quantitative estimate of drug-likeness (QED) is 0.797. The predicted octanol–water partition coefficient (Wildman–Crippen LogP) is 4.96. The van der Waals surface area contributed by atoms with Gasteiger partial charge in [0.25, 0.3) is 0 Å². The van der Waals surface area contributed by atoms with Gasteiger partial charge in [-0.05, 0) is 56.7 Å². The van der Waals surface area contributed by atoms with Crippen molar-refractivity contribution in [2.24, 2.45) is 11.8 Å². The monoisotopic (exact) mass is 371 g/mol. The molecule has 2 amide bonds. The zero-order chi connectivity index (χ0) is 19.6. The summed E-state index contributed by atoms with van der Waals surface area (Å²) >= 11 is 0. The molecule has 1 atom stereocenters. The van der Waals surface area contributed by atoms with Gasteiger partial charge in [-0.25, -0.2) is 9.18 Å². The minimum atomic E-state index is -0.309. The second-order valence-corrected chi connectivity index (χ2v) is 7.75. The van der Waals surface area contributed by atoms with Gasteiger partial charge in [-0.2, -0.15) is 5.26 Å². The lowest BCUT2D eigenvalue weighted by atomic mass is 9.87. The van der Waals surface area contributed by atoms with Crippen LogP contribution in [0.4, 0.5) is 9.18 Å². The standard InChI is InChI=1S/C21H26FN3O2/c1-12(2)19(20-13(3)17-10-15(22)6-9-18(17)27-20)25-21(26)24-16-7-4-14(11-23)5-8-16/h6,9-10,12,14,16,19H,4-5,7-8H2,1-3H3,(H2,24,25,26)/t14-,16-,19-/m0/s1. The fourth-order valence-corrected chi connectivity index (χ4v) is 3.78. The lowest BCUT2D eigenvalue weighted by Gasteiger charge is -2.27. The third-order valence-electron chi connectivity index (χ3n) is 5.42. The molecule has 6 heteroatoms. The second-order valence-electron chi connectivity index (χ2n) is 7.75. The lowest BCUT2D eigenvalue weighted by molar-refractivity contribution is 0.220. The van der Waals surface area contributed by atoms with Gasteiger partial charge in [-0.3, -0.25) is 0 Å². The van der Waals surface area contributed by atoms with Gasteiger partial charge in [0.15, 0.2) is 0 Å². The summed E-state index contributed by atoms with van der Waals surface area (Å²) in [6.07, 6.45) is 3.29. The van der Waals surface area contributed by atoms with Gasteiger partial charge < -0.3 is 15.1 Å². The molecule has 1 aromatic heterocycles. The van der Waals surface area contributed by atoms with Crippen LogP contribution in [0.5, 0.6) is 0 Å². The van der Waals surface area contributed by atoms with Crippen molar-refractivity contribution in [3.05, 3.63) is 35.3 Å². The number of carbonyl (C=O) groups excluding carboxylic acids is 1. The van der Waals surface area contributed by atoms with Crippen LogP contribution in [-0.4, -0.2) is 12.1 Å². The van der Waals surface area contributed by atoms with E-state index >= 15 is 0 Å². The fraction of sp³-hybridized carbons (Fsp3) is 0.524. The SMILES string of the molecule is Cc1c([C@@H](NC(=O)N[C@H]2CC[C@H](C#N)CC2)C(C)C)oc2ccc(F)cc12. The maximum Gasteiger partial charge on any atom is 0.315 e. The minimum absolute atomic E-state index is 0.0910. The number of rotatable bonds is 4. The number of benzene rings is 1. The highest BCUT2D eigenvalue weighted by molar-refractivity contribution is 5.82. The average molecular weight is 371 g/mol. The van der Waals surface area contributed by atoms with Crippen molar-refractivity contribution < 1.29 is 13.6 Å². The highest BCUT2D eigenvalue weighted by atomic mass is 19.1. The van der Waals surface area contributed by atoms with Crippen LogP contribution in [0.2, 0.25) is 0 Å². The van der Waals surface area contributed by atoms with Crippen LogP contribution in [-0.2, 0) is 0 Å². The van der Waals surface area contributed by atoms with Crippen LogP contribution in [0.1, 0.15) is 56.9 Å². The Bertz CT molecular complexity index is 860. The Labute approximate surface area is 158 Å². The molecule has 2 N–H and O–H groups in total. The molecule has 1 saturated carbocycles. The van der Waals surface area contributed by atoms with Crippen molar-refractivity contribution in [1.29, 1.82) is 5.26 Å². The molecule has 0 saturated heterocycles. The van der Waals surface area contributed by atoms with Crippen molar-refractivity contribution in [3.63, 3.8) is 0 Å². The highest BCUT2D eigenvalue weighted by Crippen LogP contribution is 2.33. The van der Waals surface area contributed by atoms with Crippen molar-refractivity contribution in [2.45, 2.75) is 58.5 Å². The summed E-state index contributed by atoms with van der Waals surface area (Å²) in [6, 6.07) is 6.30. The largest absolute Gasteiger partial charge is 0.459 e. The molecule has 1 aliphatic rings. The first-order valence-corrected chi connectivity index (χ1v) is 9.54. The number of hydrogen-bond donors (Lipinski definition) is 2. The van der Waals surface area contributed by atoms with Crippen LogP contribution in [0.25, 0.3) is 11.0 Å². The zero-order valence-corrected chi connectivity index (χ0v) is 16.0. The van der Waals surface area contributed by atoms with Crippen LogP contribution in [0, 0.1) is 35.9 Å². The summed E-state index contributed by atoms with van der Waals surface area (Å²) < 4.78 is 19.5. The molecule has 27 heavy (non-hydrogen) atoms. The first kappa shape index (κ1) is 19.2. The molecule has 1 fully saturated rings. The predicted molar refractivity (Wildman–Crippen MR) is 102 cm³/mol. The topological polar surface area (TPSA) is 78.1 Å². The van der Waals surface area contributed by atoms with Gasteiger partial charge in [0, 0.05) is 22.9 Å². The number of hydrogen-bond acceptors (Lipinski definition) is 3. The van der Waals surface area contributed by atoms with Crippen LogP contribution in [0.15, 0.2) is 22.6 Å². The van der Waals surface area contributed by atoms with Crippen molar-refractivity contribution in [2.75, 3.05) is 0 Å². The molecule has 0 spiro atoms. The van der Waals surface area contributed by atoms with Crippen LogP contribution < -0.4 is 10.6 Å². The molecule has 2 aromatic rings. The van der Waals surface area contributed by atoms with Gasteiger partial charge in [-0.1, -0.05) is 13.8 Å². The number of halogens is 1. The molecule has 1 aliphatic carbocycles. The second kappa shape index (κ2) is 7.99. The molecule has 0 bridgehead atoms. The Morgan fingerprint density at radius 3 is 2.63 bits per heavy atom. The van der Waals surface area contributed by atoms with Gasteiger partial charge in [0.1, 0.15) is 17.2 Å². The summed E-state index contributed by atoms with van der Waals surface area (Å²) in [7, 11) is 0. The number of urea groups is 1. The van der Waals surface area contributed by atoms with E-state index in [-0.39, 0.29) is 35.8 Å². The lowest BCUT2D eigenvalue weighted by Crippen LogP contribution is -2.45. The maximum absolute atomic E-state index is 13.6. The summed E-state index contributed by atoms with van der Waals surface area (Å²) in [6.45, 7) is 5.91. The first-order chi connectivity index (χ1) is 12.9. The number of fused-ring (bicyclic) bond motifs is 1. The number of nitriles is 1. The van der Waals surface area contributed by atoms with Crippen LogP contribution >= 0.6 is 0 Å². The van der Waals surface area contributed by atoms with E-state index < -0.39 is 0 Å². The Kier molecular flexibility index (Phi) is 5.69. The Hall–Kier alpha value is -2.55. The molecular formula is C21H26FN3O2. The minimum Gasteiger partial charge on any atom is -0.459 e. The normalized spacial score (nSPS) is 21.0. The van der Waals surface area contributed by atoms with Crippen molar-refractivity contribution in [3.8, 4) is 6.07 Å². The zero-order valence-electron chi connectivity index (χ0n) is 16.0. The molecular weight excluding hydrogens is 345 g/mol. The molecule has 1 heterocycles. The van der Waals surface area contributed by atoms with Crippen molar-refractivity contribution >= 4 is 17.0 Å². The van der Waals surface area contributed by atoms with Gasteiger partial charge in [0.2, 0.25) is 0 Å². The Morgan fingerprint density at radius 2 is 2.00 bits per heavy atom. The third kappa shape index (κ3) is 4.24. The number of amides is 2. The molecule has 5 nitrogen and oxygen atoms in total. The van der Waals surface area contributed by atoms with E-state index in [1.165, 1.54) is 12.1 Å². The smallest absolute Gasteiger partial charge is 0.315 e. The van der Waals surface area contributed by atoms with E-state index in [4.69, 9.17) is 9.68 Å². The number of nitrogens with one attached hydrogen (secondary N) is 2.